The van der Waals surface area contributed by atoms with Crippen LogP contribution in [0.3, 0.4) is 0 Å². The molecular weight excluding hydrogens is 574 g/mol. The summed E-state index contributed by atoms with van der Waals surface area (Å²) in [5.74, 6) is 0. The molecule has 4 nitrogen and oxygen atoms in total. The van der Waals surface area contributed by atoms with Gasteiger partial charge in [0, 0.05) is 0 Å². The molecule has 0 aromatic rings. The molecule has 0 aliphatic carbocycles. The molecule has 12 saturated heterocycles. The second kappa shape index (κ2) is 3.48. The van der Waals surface area contributed by atoms with Gasteiger partial charge in [-0.25, -0.2) is 0 Å². The van der Waals surface area contributed by atoms with E-state index in [9.17, 15) is 0 Å². The monoisotopic (exact) mass is 630 g/mol. The summed E-state index contributed by atoms with van der Waals surface area (Å²) in [4.78, 5) is 9.25. The van der Waals surface area contributed by atoms with Crippen LogP contribution < -0.4 is 21.3 Å². The van der Waals surface area contributed by atoms with Gasteiger partial charge in [-0.05, 0) is 0 Å². The Morgan fingerprint density at radius 2 is 1.23 bits per heavy atom. The van der Waals surface area contributed by atoms with Gasteiger partial charge in [0.1, 0.15) is 0 Å². The van der Waals surface area contributed by atoms with Crippen LogP contribution in [0.5, 0.6) is 0 Å². The second-order valence-corrected chi connectivity index (χ2v) is 55.1. The van der Waals surface area contributed by atoms with Crippen LogP contribution in [-0.4, -0.2) is 81.1 Å². The Kier molecular flexibility index (Phi) is 2.12. The van der Waals surface area contributed by atoms with Crippen molar-refractivity contribution in [2.24, 2.45) is 0 Å². The minimum atomic E-state index is -4.00. The predicted octanol–water partition coefficient (Wildman–Crippen LogP) is 6.18. The van der Waals surface area contributed by atoms with E-state index in [0.717, 1.165) is 38.7 Å². The van der Waals surface area contributed by atoms with Crippen molar-refractivity contribution in [1.29, 1.82) is 0 Å². The summed E-state index contributed by atoms with van der Waals surface area (Å²) in [7, 11) is 2.54. The molecule has 222 valence electrons. The van der Waals surface area contributed by atoms with Gasteiger partial charge < -0.3 is 0 Å². The molecule has 12 aliphatic heterocycles. The van der Waals surface area contributed by atoms with Crippen molar-refractivity contribution < 1.29 is 6.51 Å². The Morgan fingerprint density at radius 3 is 1.56 bits per heavy atom. The summed E-state index contributed by atoms with van der Waals surface area (Å²) in [5, 5.41) is 17.6. The molecule has 0 amide bonds. The predicted molar refractivity (Wildman–Crippen MR) is 171 cm³/mol. The average Bonchev–Trinajstić information content (AvgIpc) is 3.80. The molecule has 8 heteroatoms. The molecule has 12 aliphatic rings. The first-order chi connectivity index (χ1) is 17.9. The summed E-state index contributed by atoms with van der Waals surface area (Å²) in [6.07, 6.45) is 1.68. The molecule has 39 heavy (non-hydrogen) atoms. The van der Waals surface area contributed by atoms with Crippen molar-refractivity contribution in [2.75, 3.05) is 45.4 Å². The molecule has 12 rings (SSSR count). The van der Waals surface area contributed by atoms with Crippen LogP contribution in [-0.2, 0) is 6.51 Å². The number of fused-ring (bicyclic) bond motifs is 10. The zero-order valence-corrected chi connectivity index (χ0v) is 30.2. The van der Waals surface area contributed by atoms with Crippen molar-refractivity contribution in [3.05, 3.63) is 0 Å². The third kappa shape index (κ3) is 0.596. The summed E-state index contributed by atoms with van der Waals surface area (Å²) in [6.45, 7) is 27.5. The quantitative estimate of drug-likeness (QED) is 0.209. The van der Waals surface area contributed by atoms with Crippen molar-refractivity contribution in [3.8, 4) is 0 Å². The van der Waals surface area contributed by atoms with Crippen molar-refractivity contribution in [3.63, 3.8) is 0 Å². The van der Waals surface area contributed by atoms with Crippen LogP contribution in [0.1, 0.15) is 41.5 Å². The average molecular weight is 631 g/mol. The van der Waals surface area contributed by atoms with Crippen LogP contribution in [0.2, 0.25) is 65.9 Å². The summed E-state index contributed by atoms with van der Waals surface area (Å²) < 4.78 is 2.58. The maximum atomic E-state index is 4.26. The van der Waals surface area contributed by atoms with Gasteiger partial charge in [0.25, 0.3) is 0 Å². The maximum absolute atomic E-state index is 4.26. The van der Waals surface area contributed by atoms with E-state index in [2.05, 4.69) is 91.7 Å². The molecule has 0 saturated carbocycles. The van der Waals surface area contributed by atoms with Gasteiger partial charge in [-0.3, -0.25) is 0 Å². The van der Waals surface area contributed by atoms with Gasteiger partial charge in [-0.2, -0.15) is 0 Å². The van der Waals surface area contributed by atoms with Crippen LogP contribution in [0.25, 0.3) is 0 Å². The van der Waals surface area contributed by atoms with Crippen LogP contribution in [0.4, 0.5) is 0 Å². The van der Waals surface area contributed by atoms with E-state index in [1.54, 1.807) is 6.16 Å². The number of hydrogen-bond acceptors (Lipinski definition) is 4. The first-order valence-corrected chi connectivity index (χ1v) is 28.3. The number of piperazine rings is 2. The Hall–Kier alpha value is 1.44. The van der Waals surface area contributed by atoms with Crippen LogP contribution >= 0.6 is 17.2 Å². The number of hydrogen-bond donors (Lipinski definition) is 4. The molecule has 12 fully saturated rings. The van der Waals surface area contributed by atoms with Crippen molar-refractivity contribution in [2.45, 2.75) is 135 Å². The fourth-order valence-corrected chi connectivity index (χ4v) is 142. The van der Waals surface area contributed by atoms with Crippen LogP contribution in [0.15, 0.2) is 0 Å². The standard InChI is InChI=1S/C26H51N4P2Si.C5H5.Fe/c1-24(2,3)32(25(4,5)6)18-19-14-20(33(7,8)9)15-21(19)26(31,22-16-27-10-12-29-22)23-17-28-11-13-30-23;1-2-4-5-3-1;/h14-15,22-23,27-30H,10-13,16-18,31H2,1-9H3;1-5H;. The molecule has 0 aromatic carbocycles. The molecule has 0 bridgehead atoms. The zero-order chi connectivity index (χ0) is 27.4. The van der Waals surface area contributed by atoms with E-state index >= 15 is 0 Å². The summed E-state index contributed by atoms with van der Waals surface area (Å²) >= 11 is 0. The summed E-state index contributed by atoms with van der Waals surface area (Å²) in [6, 6.07) is 1.22. The Bertz CT molecular complexity index is 1620. The number of rotatable bonds is 6. The second-order valence-electron chi connectivity index (χ2n) is 21.5. The topological polar surface area (TPSA) is 48.1 Å². The molecule has 0 aromatic heterocycles. The SMILES string of the molecule is CC(C)(C)P(C[C]12[CH]3[C]4([Si](C)(C)C)[CH]5[C]1(C(P)(C1CNCCN1)C1CNCCN1)[Fe]35241678[CH]2[CH]1[CH]6[CH]7[CH]28)C(C)(C)C. The van der Waals surface area contributed by atoms with E-state index in [0.29, 0.717) is 27.6 Å². The van der Waals surface area contributed by atoms with E-state index in [4.69, 9.17) is 0 Å². The van der Waals surface area contributed by atoms with Gasteiger partial charge in [0.2, 0.25) is 0 Å². The van der Waals surface area contributed by atoms with Gasteiger partial charge in [-0.15, -0.1) is 0 Å². The minimum absolute atomic E-state index is 0.0518. The Morgan fingerprint density at radius 1 is 0.769 bits per heavy atom. The fraction of sp³-hybridized carbons (Fsp3) is 1.00. The third-order valence-corrected chi connectivity index (χ3v) is 81.4. The molecule has 4 N–H and O–H groups in total. The van der Waals surface area contributed by atoms with Crippen LogP contribution in [0, 0.1) is 0 Å². The molecule has 8 atom stereocenters. The van der Waals surface area contributed by atoms with Gasteiger partial charge in [-0.1, -0.05) is 0 Å². The Balaban J connectivity index is 1.18. The van der Waals surface area contributed by atoms with Gasteiger partial charge in [0.05, 0.1) is 0 Å². The first kappa shape index (κ1) is 23.8. The van der Waals surface area contributed by atoms with Gasteiger partial charge >= 0.3 is 233 Å². The third-order valence-electron chi connectivity index (χ3n) is 22.3. The summed E-state index contributed by atoms with van der Waals surface area (Å²) in [5.41, 5.74) is 0. The molecule has 0 radical (unpaired) electrons. The van der Waals surface area contributed by atoms with Crippen molar-refractivity contribution >= 4 is 25.2 Å². The molecule has 8 unspecified atom stereocenters. The van der Waals surface area contributed by atoms with E-state index in [1.165, 1.54) is 46.8 Å². The number of nitrogens with one attached hydrogen (secondary N) is 4. The Labute approximate surface area is 232 Å². The van der Waals surface area contributed by atoms with E-state index in [-0.39, 0.29) is 7.92 Å². The van der Waals surface area contributed by atoms with Gasteiger partial charge in [0.15, 0.2) is 0 Å². The van der Waals surface area contributed by atoms with E-state index < -0.39 is 14.6 Å². The van der Waals surface area contributed by atoms with Crippen molar-refractivity contribution in [1.82, 2.24) is 21.3 Å². The normalized spacial score (nSPS) is 74.3. The van der Waals surface area contributed by atoms with E-state index in [1.807, 2.05) is 0 Å². The molecule has 1 spiro atoms. The molecular formula is C31H56FeN4P2Si. The zero-order valence-electron chi connectivity index (χ0n) is 26.0. The fourth-order valence-electron chi connectivity index (χ4n) is 25.6. The molecule has 12 heterocycles. The first-order valence-electron chi connectivity index (χ1n) is 16.5.